The molecule has 0 spiro atoms. The number of para-hydroxylation sites is 1. The molecule has 1 atom stereocenters. The summed E-state index contributed by atoms with van der Waals surface area (Å²) < 4.78 is 5.15. The van der Waals surface area contributed by atoms with E-state index in [1.807, 2.05) is 18.2 Å². The number of hydrogen-bond acceptors (Lipinski definition) is 3. The van der Waals surface area contributed by atoms with Crippen LogP contribution in [0.2, 0.25) is 0 Å². The molecule has 1 unspecified atom stereocenters. The van der Waals surface area contributed by atoms with E-state index < -0.39 is 11.9 Å². The normalized spacial score (nSPS) is 12.1. The van der Waals surface area contributed by atoms with E-state index in [4.69, 9.17) is 14.9 Å². The standard InChI is InChI=1S/C12H16O4/c1-16-11-5-3-2-4-9(11)8-10(6-7-13)12(14)15/h2-5,10,13H,6-8H2,1H3,(H,14,15). The summed E-state index contributed by atoms with van der Waals surface area (Å²) in [6.45, 7) is -0.119. The van der Waals surface area contributed by atoms with Gasteiger partial charge in [0.2, 0.25) is 0 Å². The van der Waals surface area contributed by atoms with Crippen LogP contribution in [0.4, 0.5) is 0 Å². The van der Waals surface area contributed by atoms with Gasteiger partial charge in [0.05, 0.1) is 13.0 Å². The minimum Gasteiger partial charge on any atom is -0.496 e. The minimum absolute atomic E-state index is 0.119. The first-order valence-electron chi connectivity index (χ1n) is 5.14. The smallest absolute Gasteiger partial charge is 0.306 e. The predicted octanol–water partition coefficient (Wildman–Crippen LogP) is 1.32. The number of aliphatic hydroxyl groups is 1. The van der Waals surface area contributed by atoms with Crippen molar-refractivity contribution in [3.63, 3.8) is 0 Å². The lowest BCUT2D eigenvalue weighted by atomic mass is 9.96. The highest BCUT2D eigenvalue weighted by Crippen LogP contribution is 2.22. The number of carbonyl (C=O) groups is 1. The Balaban J connectivity index is 2.80. The van der Waals surface area contributed by atoms with E-state index >= 15 is 0 Å². The van der Waals surface area contributed by atoms with Gasteiger partial charge in [-0.2, -0.15) is 0 Å². The second kappa shape index (κ2) is 6.12. The number of carboxylic acids is 1. The van der Waals surface area contributed by atoms with Gasteiger partial charge >= 0.3 is 5.97 Å². The van der Waals surface area contributed by atoms with Gasteiger partial charge in [0.15, 0.2) is 0 Å². The first-order chi connectivity index (χ1) is 7.69. The molecule has 16 heavy (non-hydrogen) atoms. The molecule has 2 N–H and O–H groups in total. The van der Waals surface area contributed by atoms with E-state index in [0.717, 1.165) is 5.56 Å². The number of hydrogen-bond donors (Lipinski definition) is 2. The zero-order valence-corrected chi connectivity index (χ0v) is 9.22. The van der Waals surface area contributed by atoms with Crippen molar-refractivity contribution >= 4 is 5.97 Å². The summed E-state index contributed by atoms with van der Waals surface area (Å²) in [5.41, 5.74) is 0.853. The van der Waals surface area contributed by atoms with Crippen LogP contribution >= 0.6 is 0 Å². The number of carboxylic acid groups (broad SMARTS) is 1. The summed E-state index contributed by atoms with van der Waals surface area (Å²) in [6, 6.07) is 7.32. The third kappa shape index (κ3) is 3.24. The maximum atomic E-state index is 10.9. The van der Waals surface area contributed by atoms with E-state index in [0.29, 0.717) is 12.2 Å². The highest BCUT2D eigenvalue weighted by Gasteiger charge is 2.18. The van der Waals surface area contributed by atoms with Crippen molar-refractivity contribution in [2.75, 3.05) is 13.7 Å². The first kappa shape index (κ1) is 12.5. The van der Waals surface area contributed by atoms with Crippen LogP contribution in [0.3, 0.4) is 0 Å². The second-order valence-electron chi connectivity index (χ2n) is 3.56. The van der Waals surface area contributed by atoms with Gasteiger partial charge in [-0.25, -0.2) is 0 Å². The zero-order chi connectivity index (χ0) is 12.0. The molecule has 4 nitrogen and oxygen atoms in total. The van der Waals surface area contributed by atoms with Gasteiger partial charge in [0.25, 0.3) is 0 Å². The second-order valence-corrected chi connectivity index (χ2v) is 3.56. The molecule has 0 aliphatic heterocycles. The molecule has 0 saturated carbocycles. The summed E-state index contributed by atoms with van der Waals surface area (Å²) in [5, 5.41) is 17.8. The molecule has 1 aromatic carbocycles. The molecule has 0 heterocycles. The van der Waals surface area contributed by atoms with Gasteiger partial charge in [-0.05, 0) is 24.5 Å². The average molecular weight is 224 g/mol. The van der Waals surface area contributed by atoms with Crippen LogP contribution in [0.25, 0.3) is 0 Å². The molecule has 88 valence electrons. The first-order valence-corrected chi connectivity index (χ1v) is 5.14. The highest BCUT2D eigenvalue weighted by atomic mass is 16.5. The molecule has 0 aromatic heterocycles. The number of aliphatic carboxylic acids is 1. The van der Waals surface area contributed by atoms with Gasteiger partial charge in [-0.15, -0.1) is 0 Å². The van der Waals surface area contributed by atoms with Gasteiger partial charge in [0.1, 0.15) is 5.75 Å². The molecule has 0 saturated heterocycles. The maximum Gasteiger partial charge on any atom is 0.306 e. The monoisotopic (exact) mass is 224 g/mol. The predicted molar refractivity (Wildman–Crippen MR) is 59.5 cm³/mol. The maximum absolute atomic E-state index is 10.9. The SMILES string of the molecule is COc1ccccc1CC(CCO)C(=O)O. The molecule has 0 bridgehead atoms. The molecule has 1 aromatic rings. The van der Waals surface area contributed by atoms with E-state index in [9.17, 15) is 4.79 Å². The fourth-order valence-electron chi connectivity index (χ4n) is 1.61. The van der Waals surface area contributed by atoms with E-state index in [1.54, 1.807) is 13.2 Å². The average Bonchev–Trinajstić information content (AvgIpc) is 2.29. The van der Waals surface area contributed by atoms with Gasteiger partial charge in [0, 0.05) is 6.61 Å². The van der Waals surface area contributed by atoms with Crippen LogP contribution in [0.1, 0.15) is 12.0 Å². The fourth-order valence-corrected chi connectivity index (χ4v) is 1.61. The Kier molecular flexibility index (Phi) is 4.79. The Hall–Kier alpha value is -1.55. The van der Waals surface area contributed by atoms with Crippen LogP contribution < -0.4 is 4.74 Å². The Morgan fingerprint density at radius 1 is 1.44 bits per heavy atom. The van der Waals surface area contributed by atoms with Crippen LogP contribution in [-0.4, -0.2) is 29.9 Å². The molecule has 0 fully saturated rings. The lowest BCUT2D eigenvalue weighted by Gasteiger charge is -2.13. The van der Waals surface area contributed by atoms with Gasteiger partial charge in [-0.1, -0.05) is 18.2 Å². The molecule has 0 radical (unpaired) electrons. The summed E-state index contributed by atoms with van der Waals surface area (Å²) in [6.07, 6.45) is 0.632. The number of benzene rings is 1. The number of ether oxygens (including phenoxy) is 1. The van der Waals surface area contributed by atoms with Crippen molar-refractivity contribution in [3.8, 4) is 5.75 Å². The summed E-state index contributed by atoms with van der Waals surface area (Å²) in [4.78, 5) is 10.9. The van der Waals surface area contributed by atoms with E-state index in [1.165, 1.54) is 0 Å². The Morgan fingerprint density at radius 2 is 2.12 bits per heavy atom. The molecule has 0 amide bonds. The number of rotatable bonds is 6. The molecular formula is C12H16O4. The Labute approximate surface area is 94.5 Å². The molecule has 0 aliphatic rings. The fraction of sp³-hybridized carbons (Fsp3) is 0.417. The Morgan fingerprint density at radius 3 is 2.69 bits per heavy atom. The Bertz CT molecular complexity index is 349. The van der Waals surface area contributed by atoms with Crippen LogP contribution in [0.15, 0.2) is 24.3 Å². The summed E-state index contributed by atoms with van der Waals surface area (Å²) >= 11 is 0. The van der Waals surface area contributed by atoms with Crippen molar-refractivity contribution in [1.29, 1.82) is 0 Å². The summed E-state index contributed by atoms with van der Waals surface area (Å²) in [7, 11) is 1.56. The van der Waals surface area contributed by atoms with Crippen molar-refractivity contribution in [2.24, 2.45) is 5.92 Å². The number of aliphatic hydroxyl groups excluding tert-OH is 1. The highest BCUT2D eigenvalue weighted by molar-refractivity contribution is 5.70. The van der Waals surface area contributed by atoms with Crippen molar-refractivity contribution < 1.29 is 19.7 Å². The third-order valence-electron chi connectivity index (χ3n) is 2.49. The van der Waals surface area contributed by atoms with Gasteiger partial charge < -0.3 is 14.9 Å². The lowest BCUT2D eigenvalue weighted by Crippen LogP contribution is -2.18. The third-order valence-corrected chi connectivity index (χ3v) is 2.49. The largest absolute Gasteiger partial charge is 0.496 e. The van der Waals surface area contributed by atoms with Crippen LogP contribution in [0.5, 0.6) is 5.75 Å². The van der Waals surface area contributed by atoms with Crippen LogP contribution in [0, 0.1) is 5.92 Å². The lowest BCUT2D eigenvalue weighted by molar-refractivity contribution is -0.142. The van der Waals surface area contributed by atoms with Crippen molar-refractivity contribution in [1.82, 2.24) is 0 Å². The summed E-state index contributed by atoms with van der Waals surface area (Å²) in [5.74, 6) is -0.770. The number of methoxy groups -OCH3 is 1. The van der Waals surface area contributed by atoms with E-state index in [-0.39, 0.29) is 13.0 Å². The zero-order valence-electron chi connectivity index (χ0n) is 9.22. The molecule has 0 aliphatic carbocycles. The van der Waals surface area contributed by atoms with Gasteiger partial charge in [-0.3, -0.25) is 4.79 Å². The van der Waals surface area contributed by atoms with Crippen molar-refractivity contribution in [2.45, 2.75) is 12.8 Å². The molecule has 4 heteroatoms. The van der Waals surface area contributed by atoms with Crippen molar-refractivity contribution in [3.05, 3.63) is 29.8 Å². The quantitative estimate of drug-likeness (QED) is 0.764. The van der Waals surface area contributed by atoms with Crippen LogP contribution in [-0.2, 0) is 11.2 Å². The molecular weight excluding hydrogens is 208 g/mol. The minimum atomic E-state index is -0.889. The molecule has 1 rings (SSSR count). The topological polar surface area (TPSA) is 66.8 Å². The van der Waals surface area contributed by atoms with E-state index in [2.05, 4.69) is 0 Å².